The van der Waals surface area contributed by atoms with E-state index in [-0.39, 0.29) is 18.9 Å². The van der Waals surface area contributed by atoms with Gasteiger partial charge in [0.2, 0.25) is 0 Å². The third-order valence-electron chi connectivity index (χ3n) is 2.07. The number of halogens is 5. The SMILES string of the molecule is O=C(NCCCCC(F)(F)F)c1cc(Br)sc1Br. The second-order valence-electron chi connectivity index (χ2n) is 3.57. The topological polar surface area (TPSA) is 29.1 Å². The molecule has 18 heavy (non-hydrogen) atoms. The van der Waals surface area contributed by atoms with Crippen LogP contribution in [0.25, 0.3) is 0 Å². The molecule has 0 saturated carbocycles. The fourth-order valence-electron chi connectivity index (χ4n) is 1.24. The van der Waals surface area contributed by atoms with Crippen molar-refractivity contribution in [1.29, 1.82) is 0 Å². The maximum atomic E-state index is 11.9. The lowest BCUT2D eigenvalue weighted by Gasteiger charge is -2.06. The molecule has 0 bridgehead atoms. The van der Waals surface area contributed by atoms with Crippen LogP contribution in [0.15, 0.2) is 13.6 Å². The number of hydrogen-bond acceptors (Lipinski definition) is 2. The predicted octanol–water partition coefficient (Wildman–Crippen LogP) is 4.74. The van der Waals surface area contributed by atoms with Crippen molar-refractivity contribution in [1.82, 2.24) is 5.32 Å². The number of nitrogens with one attached hydrogen (secondary N) is 1. The number of carbonyl (C=O) groups excluding carboxylic acids is 1. The number of thiophene rings is 1. The Hall–Kier alpha value is -0.0800. The summed E-state index contributed by atoms with van der Waals surface area (Å²) in [5.74, 6) is -0.282. The molecule has 1 N–H and O–H groups in total. The molecule has 1 heterocycles. The first-order chi connectivity index (χ1) is 8.29. The molecule has 0 unspecified atom stereocenters. The minimum Gasteiger partial charge on any atom is -0.352 e. The van der Waals surface area contributed by atoms with Gasteiger partial charge in [0.05, 0.1) is 13.1 Å². The van der Waals surface area contributed by atoms with Gasteiger partial charge in [-0.15, -0.1) is 11.3 Å². The molecule has 1 rings (SSSR count). The van der Waals surface area contributed by atoms with Crippen LogP contribution in [0.4, 0.5) is 13.2 Å². The first kappa shape index (κ1) is 16.0. The number of hydrogen-bond donors (Lipinski definition) is 1. The maximum Gasteiger partial charge on any atom is 0.389 e. The van der Waals surface area contributed by atoms with Crippen LogP contribution in [0.3, 0.4) is 0 Å². The average molecular weight is 409 g/mol. The van der Waals surface area contributed by atoms with Crippen LogP contribution in [-0.2, 0) is 0 Å². The van der Waals surface area contributed by atoms with Crippen molar-refractivity contribution in [2.24, 2.45) is 0 Å². The first-order valence-corrected chi connectivity index (χ1v) is 7.49. The number of amides is 1. The smallest absolute Gasteiger partial charge is 0.352 e. The maximum absolute atomic E-state index is 11.9. The van der Waals surface area contributed by atoms with Gasteiger partial charge in [-0.2, -0.15) is 13.2 Å². The minimum atomic E-state index is -4.12. The number of rotatable bonds is 5. The normalized spacial score (nSPS) is 11.6. The lowest BCUT2D eigenvalue weighted by atomic mass is 10.2. The largest absolute Gasteiger partial charge is 0.389 e. The third kappa shape index (κ3) is 5.71. The van der Waals surface area contributed by atoms with Gasteiger partial charge in [-0.05, 0) is 50.8 Å². The van der Waals surface area contributed by atoms with Crippen molar-refractivity contribution < 1.29 is 18.0 Å². The zero-order valence-corrected chi connectivity index (χ0v) is 13.1. The lowest BCUT2D eigenvalue weighted by molar-refractivity contribution is -0.135. The van der Waals surface area contributed by atoms with Crippen molar-refractivity contribution >= 4 is 49.1 Å². The van der Waals surface area contributed by atoms with Crippen LogP contribution in [0.1, 0.15) is 29.6 Å². The van der Waals surface area contributed by atoms with E-state index < -0.39 is 12.6 Å². The second kappa shape index (κ2) is 6.91. The van der Waals surface area contributed by atoms with Crippen LogP contribution in [0.5, 0.6) is 0 Å². The summed E-state index contributed by atoms with van der Waals surface area (Å²) < 4.78 is 37.1. The Morgan fingerprint density at radius 2 is 2.00 bits per heavy atom. The quantitative estimate of drug-likeness (QED) is 0.700. The Labute approximate surface area is 123 Å². The first-order valence-electron chi connectivity index (χ1n) is 5.09. The second-order valence-corrected chi connectivity index (χ2v) is 7.32. The fourth-order valence-corrected chi connectivity index (χ4v) is 4.04. The summed E-state index contributed by atoms with van der Waals surface area (Å²) in [4.78, 5) is 11.7. The van der Waals surface area contributed by atoms with Crippen molar-refractivity contribution in [3.05, 3.63) is 19.2 Å². The van der Waals surface area contributed by atoms with Gasteiger partial charge in [-0.3, -0.25) is 4.79 Å². The molecule has 0 aliphatic heterocycles. The molecule has 1 aromatic heterocycles. The molecule has 2 nitrogen and oxygen atoms in total. The fraction of sp³-hybridized carbons (Fsp3) is 0.500. The average Bonchev–Trinajstić information content (AvgIpc) is 2.55. The Morgan fingerprint density at radius 3 is 2.50 bits per heavy atom. The molecule has 0 spiro atoms. The molecular formula is C10H10Br2F3NOS. The van der Waals surface area contributed by atoms with Crippen molar-refractivity contribution in [2.45, 2.75) is 25.4 Å². The molecular weight excluding hydrogens is 399 g/mol. The summed E-state index contributed by atoms with van der Waals surface area (Å²) in [5.41, 5.74) is 0.489. The van der Waals surface area contributed by atoms with Crippen LogP contribution < -0.4 is 5.32 Å². The van der Waals surface area contributed by atoms with Gasteiger partial charge in [0.25, 0.3) is 5.91 Å². The number of alkyl halides is 3. The standard InChI is InChI=1S/C10H10Br2F3NOS/c11-7-5-6(8(12)18-7)9(17)16-4-2-1-3-10(13,14)15/h5H,1-4H2,(H,16,17). The number of unbranched alkanes of at least 4 members (excludes halogenated alkanes) is 1. The van der Waals surface area contributed by atoms with Gasteiger partial charge in [0.15, 0.2) is 0 Å². The molecule has 1 amide bonds. The van der Waals surface area contributed by atoms with Gasteiger partial charge in [-0.1, -0.05) is 0 Å². The van der Waals surface area contributed by atoms with Crippen LogP contribution in [-0.4, -0.2) is 18.6 Å². The highest BCUT2D eigenvalue weighted by atomic mass is 79.9. The van der Waals surface area contributed by atoms with Gasteiger partial charge in [-0.25, -0.2) is 0 Å². The summed E-state index contributed by atoms with van der Waals surface area (Å²) in [6, 6.07) is 1.67. The monoisotopic (exact) mass is 407 g/mol. The van der Waals surface area contributed by atoms with E-state index in [2.05, 4.69) is 37.2 Å². The zero-order valence-electron chi connectivity index (χ0n) is 9.11. The minimum absolute atomic E-state index is 0.0261. The highest BCUT2D eigenvalue weighted by Gasteiger charge is 2.25. The van der Waals surface area contributed by atoms with Crippen molar-refractivity contribution in [3.63, 3.8) is 0 Å². The van der Waals surface area contributed by atoms with E-state index in [4.69, 9.17) is 0 Å². The molecule has 0 aromatic carbocycles. The van der Waals surface area contributed by atoms with E-state index in [0.717, 1.165) is 3.79 Å². The molecule has 0 atom stereocenters. The van der Waals surface area contributed by atoms with E-state index in [9.17, 15) is 18.0 Å². The predicted molar refractivity (Wildman–Crippen MR) is 72.0 cm³/mol. The molecule has 1 aromatic rings. The van der Waals surface area contributed by atoms with Crippen molar-refractivity contribution in [3.8, 4) is 0 Å². The van der Waals surface area contributed by atoms with Gasteiger partial charge in [0.1, 0.15) is 0 Å². The molecule has 8 heteroatoms. The van der Waals surface area contributed by atoms with Crippen LogP contribution >= 0.6 is 43.2 Å². The Kier molecular flexibility index (Phi) is 6.13. The van der Waals surface area contributed by atoms with E-state index in [0.29, 0.717) is 15.8 Å². The molecule has 0 aliphatic rings. The van der Waals surface area contributed by atoms with E-state index in [1.165, 1.54) is 11.3 Å². The van der Waals surface area contributed by atoms with Crippen LogP contribution in [0, 0.1) is 0 Å². The summed E-state index contributed by atoms with van der Waals surface area (Å²) >= 11 is 7.86. The highest BCUT2D eigenvalue weighted by Crippen LogP contribution is 2.31. The zero-order chi connectivity index (χ0) is 13.8. The lowest BCUT2D eigenvalue weighted by Crippen LogP contribution is -2.24. The van der Waals surface area contributed by atoms with E-state index in [1.54, 1.807) is 6.07 Å². The summed E-state index contributed by atoms with van der Waals surface area (Å²) in [7, 11) is 0. The number of carbonyl (C=O) groups is 1. The summed E-state index contributed by atoms with van der Waals surface area (Å²) in [5, 5.41) is 2.59. The van der Waals surface area contributed by atoms with Gasteiger partial charge in [0, 0.05) is 13.0 Å². The van der Waals surface area contributed by atoms with Crippen molar-refractivity contribution in [2.75, 3.05) is 6.54 Å². The third-order valence-corrected chi connectivity index (χ3v) is 4.41. The molecule has 0 fully saturated rings. The Morgan fingerprint density at radius 1 is 1.33 bits per heavy atom. The van der Waals surface area contributed by atoms with Gasteiger partial charge < -0.3 is 5.32 Å². The molecule has 102 valence electrons. The summed E-state index contributed by atoms with van der Waals surface area (Å²) in [6.07, 6.45) is -4.59. The van der Waals surface area contributed by atoms with E-state index >= 15 is 0 Å². The molecule has 0 aliphatic carbocycles. The molecule has 0 saturated heterocycles. The highest BCUT2D eigenvalue weighted by molar-refractivity contribution is 9.12. The van der Waals surface area contributed by atoms with E-state index in [1.807, 2.05) is 0 Å². The summed E-state index contributed by atoms with van der Waals surface area (Å²) in [6.45, 7) is 0.245. The van der Waals surface area contributed by atoms with Gasteiger partial charge >= 0.3 is 6.18 Å². The van der Waals surface area contributed by atoms with Crippen LogP contribution in [0.2, 0.25) is 0 Å². The Bertz CT molecular complexity index is 420. The molecule has 0 radical (unpaired) electrons. The Balaban J connectivity index is 2.28.